The van der Waals surface area contributed by atoms with Crippen LogP contribution in [0.15, 0.2) is 32.8 Å². The van der Waals surface area contributed by atoms with Crippen LogP contribution < -0.4 is 5.56 Å². The summed E-state index contributed by atoms with van der Waals surface area (Å²) in [6.45, 7) is 10.3. The number of thioether (sulfide) groups is 1. The van der Waals surface area contributed by atoms with Gasteiger partial charge in [0, 0.05) is 17.0 Å². The molecule has 4 rings (SSSR count). The number of aryl methyl sites for hydroxylation is 2. The Morgan fingerprint density at radius 1 is 1.22 bits per heavy atom. The lowest BCUT2D eigenvalue weighted by Crippen LogP contribution is -2.45. The van der Waals surface area contributed by atoms with Gasteiger partial charge >= 0.3 is 0 Å². The molecule has 6 nitrogen and oxygen atoms in total. The van der Waals surface area contributed by atoms with Crippen LogP contribution in [0.3, 0.4) is 0 Å². The second-order valence-electron chi connectivity index (χ2n) is 8.95. The monoisotopic (exact) mass is 473 g/mol. The zero-order valence-corrected chi connectivity index (χ0v) is 21.0. The summed E-state index contributed by atoms with van der Waals surface area (Å²) in [4.78, 5) is 35.8. The Bertz CT molecular complexity index is 1150. The molecule has 1 aliphatic carbocycles. The van der Waals surface area contributed by atoms with Crippen molar-refractivity contribution in [1.29, 1.82) is 0 Å². The number of fused-ring (bicyclic) bond motifs is 3. The average molecular weight is 474 g/mol. The number of hydrogen-bond donors (Lipinski definition) is 0. The highest BCUT2D eigenvalue weighted by molar-refractivity contribution is 8.00. The summed E-state index contributed by atoms with van der Waals surface area (Å²) >= 11 is 3.00. The van der Waals surface area contributed by atoms with E-state index in [2.05, 4.69) is 0 Å². The van der Waals surface area contributed by atoms with E-state index in [-0.39, 0.29) is 28.8 Å². The smallest absolute Gasteiger partial charge is 0.263 e. The van der Waals surface area contributed by atoms with Crippen LogP contribution in [0.1, 0.15) is 63.7 Å². The van der Waals surface area contributed by atoms with Gasteiger partial charge in [-0.2, -0.15) is 0 Å². The van der Waals surface area contributed by atoms with Gasteiger partial charge in [0.25, 0.3) is 5.56 Å². The van der Waals surface area contributed by atoms with Gasteiger partial charge in [0.05, 0.1) is 23.4 Å². The van der Waals surface area contributed by atoms with Crippen molar-refractivity contribution in [2.75, 3.05) is 0 Å². The first-order chi connectivity index (χ1) is 15.3. The number of aromatic nitrogens is 2. The van der Waals surface area contributed by atoms with Crippen molar-refractivity contribution in [2.24, 2.45) is 0 Å². The molecule has 1 atom stereocenters. The first-order valence-corrected chi connectivity index (χ1v) is 13.0. The first kappa shape index (κ1) is 23.1. The molecule has 0 N–H and O–H groups in total. The Balaban J connectivity index is 1.77. The molecule has 8 heteroatoms. The molecule has 3 heterocycles. The summed E-state index contributed by atoms with van der Waals surface area (Å²) in [5, 5.41) is 0.970. The van der Waals surface area contributed by atoms with Gasteiger partial charge in [0.15, 0.2) is 5.16 Å². The van der Waals surface area contributed by atoms with Crippen LogP contribution in [-0.4, -0.2) is 37.7 Å². The van der Waals surface area contributed by atoms with Crippen LogP contribution in [0.25, 0.3) is 10.2 Å². The number of carbonyl (C=O) groups excluding carboxylic acids is 1. The standard InChI is InChI=1S/C24H31N3O3S2/c1-14(2)27(15(3)4)22(28)16(5)31-24-25-21-20(18-10-6-7-11-19(18)32-21)23(29)26(24)13-17-9-8-12-30-17/h8-9,12,14-16H,6-7,10-11,13H2,1-5H3. The van der Waals surface area contributed by atoms with E-state index in [9.17, 15) is 9.59 Å². The Morgan fingerprint density at radius 2 is 1.94 bits per heavy atom. The van der Waals surface area contributed by atoms with E-state index >= 15 is 0 Å². The summed E-state index contributed by atoms with van der Waals surface area (Å²) in [7, 11) is 0. The van der Waals surface area contributed by atoms with Crippen molar-refractivity contribution in [3.05, 3.63) is 45.0 Å². The predicted molar refractivity (Wildman–Crippen MR) is 131 cm³/mol. The quantitative estimate of drug-likeness (QED) is 0.353. The Hall–Kier alpha value is -2.06. The SMILES string of the molecule is CC(Sc1nc2sc3c(c2c(=O)n1Cc1ccco1)CCCC3)C(=O)N(C(C)C)C(C)C. The normalized spacial score (nSPS) is 14.8. The highest BCUT2D eigenvalue weighted by Crippen LogP contribution is 2.35. The van der Waals surface area contributed by atoms with E-state index < -0.39 is 0 Å². The Morgan fingerprint density at radius 3 is 2.59 bits per heavy atom. The van der Waals surface area contributed by atoms with Gasteiger partial charge in [-0.25, -0.2) is 4.98 Å². The van der Waals surface area contributed by atoms with E-state index in [1.54, 1.807) is 22.2 Å². The fourth-order valence-corrected chi connectivity index (χ4v) is 6.80. The lowest BCUT2D eigenvalue weighted by molar-refractivity contribution is -0.133. The van der Waals surface area contributed by atoms with Crippen molar-refractivity contribution in [3.63, 3.8) is 0 Å². The number of rotatable bonds is 7. The summed E-state index contributed by atoms with van der Waals surface area (Å²) in [6.07, 6.45) is 5.84. The first-order valence-electron chi connectivity index (χ1n) is 11.3. The highest BCUT2D eigenvalue weighted by Gasteiger charge is 2.29. The Labute approximate surface area is 197 Å². The molecule has 1 amide bonds. The van der Waals surface area contributed by atoms with E-state index in [4.69, 9.17) is 9.40 Å². The molecule has 0 fully saturated rings. The van der Waals surface area contributed by atoms with Crippen molar-refractivity contribution >= 4 is 39.2 Å². The number of thiophene rings is 1. The summed E-state index contributed by atoms with van der Waals surface area (Å²) in [5.74, 6) is 0.758. The van der Waals surface area contributed by atoms with Crippen LogP contribution in [0.4, 0.5) is 0 Å². The maximum atomic E-state index is 13.7. The number of carbonyl (C=O) groups is 1. The highest BCUT2D eigenvalue weighted by atomic mass is 32.2. The van der Waals surface area contributed by atoms with E-state index in [1.807, 2.05) is 51.7 Å². The molecule has 0 saturated heterocycles. The number of amides is 1. The van der Waals surface area contributed by atoms with Crippen molar-refractivity contribution in [1.82, 2.24) is 14.5 Å². The summed E-state index contributed by atoms with van der Waals surface area (Å²) in [6, 6.07) is 3.90. The molecule has 32 heavy (non-hydrogen) atoms. The second kappa shape index (κ2) is 9.43. The van der Waals surface area contributed by atoms with Crippen LogP contribution in [0.2, 0.25) is 0 Å². The molecular formula is C24H31N3O3S2. The molecule has 0 saturated carbocycles. The third kappa shape index (κ3) is 4.39. The fourth-order valence-electron chi connectivity index (χ4n) is 4.53. The van der Waals surface area contributed by atoms with Crippen molar-refractivity contribution in [2.45, 2.75) is 89.3 Å². The molecule has 3 aromatic rings. The molecule has 0 aliphatic heterocycles. The molecule has 1 aliphatic rings. The van der Waals surface area contributed by atoms with Gasteiger partial charge in [-0.05, 0) is 78.0 Å². The van der Waals surface area contributed by atoms with Crippen LogP contribution >= 0.6 is 23.1 Å². The van der Waals surface area contributed by atoms with Crippen LogP contribution in [0, 0.1) is 0 Å². The third-order valence-corrected chi connectivity index (χ3v) is 8.19. The van der Waals surface area contributed by atoms with Gasteiger partial charge in [0.1, 0.15) is 10.6 Å². The molecule has 172 valence electrons. The maximum absolute atomic E-state index is 13.7. The van der Waals surface area contributed by atoms with Crippen molar-refractivity contribution in [3.8, 4) is 0 Å². The zero-order chi connectivity index (χ0) is 23.0. The zero-order valence-electron chi connectivity index (χ0n) is 19.4. The maximum Gasteiger partial charge on any atom is 0.263 e. The molecule has 1 unspecified atom stereocenters. The predicted octanol–water partition coefficient (Wildman–Crippen LogP) is 5.10. The molecule has 0 bridgehead atoms. The average Bonchev–Trinajstić information content (AvgIpc) is 3.37. The topological polar surface area (TPSA) is 68.3 Å². The van der Waals surface area contributed by atoms with Gasteiger partial charge < -0.3 is 9.32 Å². The van der Waals surface area contributed by atoms with Crippen LogP contribution in [0.5, 0.6) is 0 Å². The number of furan rings is 1. The molecule has 0 spiro atoms. The molecule has 0 aromatic carbocycles. The minimum Gasteiger partial charge on any atom is -0.467 e. The van der Waals surface area contributed by atoms with Gasteiger partial charge in [-0.1, -0.05) is 11.8 Å². The second-order valence-corrected chi connectivity index (χ2v) is 11.3. The molecular weight excluding hydrogens is 442 g/mol. The lowest BCUT2D eigenvalue weighted by atomic mass is 9.97. The largest absolute Gasteiger partial charge is 0.467 e. The van der Waals surface area contributed by atoms with Gasteiger partial charge in [-0.3, -0.25) is 14.2 Å². The number of hydrogen-bond acceptors (Lipinski definition) is 6. The van der Waals surface area contributed by atoms with Crippen LogP contribution in [-0.2, 0) is 24.2 Å². The lowest BCUT2D eigenvalue weighted by Gasteiger charge is -2.33. The summed E-state index contributed by atoms with van der Waals surface area (Å²) in [5.41, 5.74) is 1.14. The van der Waals surface area contributed by atoms with E-state index in [1.165, 1.54) is 22.2 Å². The third-order valence-electron chi connectivity index (χ3n) is 5.93. The minimum absolute atomic E-state index is 0.0301. The van der Waals surface area contributed by atoms with Crippen molar-refractivity contribution < 1.29 is 9.21 Å². The van der Waals surface area contributed by atoms with E-state index in [0.717, 1.165) is 35.9 Å². The fraction of sp³-hybridized carbons (Fsp3) is 0.542. The summed E-state index contributed by atoms with van der Waals surface area (Å²) < 4.78 is 7.22. The van der Waals surface area contributed by atoms with Gasteiger partial charge in [-0.15, -0.1) is 11.3 Å². The number of nitrogens with zero attached hydrogens (tertiary/aromatic N) is 3. The van der Waals surface area contributed by atoms with E-state index in [0.29, 0.717) is 17.5 Å². The minimum atomic E-state index is -0.360. The Kier molecular flexibility index (Phi) is 6.81. The molecule has 3 aromatic heterocycles. The van der Waals surface area contributed by atoms with Gasteiger partial charge in [0.2, 0.25) is 5.91 Å². The molecule has 0 radical (unpaired) electrons.